The lowest BCUT2D eigenvalue weighted by Gasteiger charge is -2.34. The average molecular weight is 393 g/mol. The minimum Gasteiger partial charge on any atom is -0.385 e. The average Bonchev–Trinajstić information content (AvgIpc) is 2.78. The largest absolute Gasteiger partial charge is 0.385 e. The highest BCUT2D eigenvalue weighted by Gasteiger charge is 2.22. The normalized spacial score (nSPS) is 15.0. The Morgan fingerprint density at radius 1 is 1.10 bits per heavy atom. The first-order valence-corrected chi connectivity index (χ1v) is 10.7. The lowest BCUT2D eigenvalue weighted by molar-refractivity contribution is 0.0644. The van der Waals surface area contributed by atoms with Crippen LogP contribution in [-0.2, 0) is 0 Å². The van der Waals surface area contributed by atoms with Crippen LogP contribution < -0.4 is 5.32 Å². The first kappa shape index (κ1) is 21.1. The van der Waals surface area contributed by atoms with Gasteiger partial charge in [0.05, 0.1) is 0 Å². The molecular weight excluding hydrogens is 360 g/mol. The number of nitrogens with one attached hydrogen (secondary N) is 1. The van der Waals surface area contributed by atoms with Gasteiger partial charge in [-0.05, 0) is 24.1 Å². The number of benzene rings is 1. The van der Waals surface area contributed by atoms with Crippen molar-refractivity contribution in [2.75, 3.05) is 44.6 Å². The van der Waals surface area contributed by atoms with Crippen molar-refractivity contribution in [3.8, 4) is 0 Å². The molecule has 5 heteroatoms. The second-order valence-corrected chi connectivity index (χ2v) is 7.47. The Balaban J connectivity index is 1.45. The Morgan fingerprint density at radius 3 is 2.66 bits per heavy atom. The molecule has 1 N–H and O–H groups in total. The van der Waals surface area contributed by atoms with Gasteiger partial charge in [0.1, 0.15) is 5.69 Å². The zero-order chi connectivity index (χ0) is 20.3. The molecule has 0 radical (unpaired) electrons. The summed E-state index contributed by atoms with van der Waals surface area (Å²) in [5.74, 6) is 0.0293. The van der Waals surface area contributed by atoms with Crippen molar-refractivity contribution in [2.45, 2.75) is 26.2 Å². The van der Waals surface area contributed by atoms with Gasteiger partial charge in [-0.25, -0.2) is 0 Å². The summed E-state index contributed by atoms with van der Waals surface area (Å²) in [5.41, 5.74) is 2.72. The summed E-state index contributed by atoms with van der Waals surface area (Å²) in [6.45, 7) is 7.30. The zero-order valence-corrected chi connectivity index (χ0v) is 17.4. The van der Waals surface area contributed by atoms with Crippen molar-refractivity contribution < 1.29 is 4.79 Å². The molecule has 29 heavy (non-hydrogen) atoms. The number of anilines is 1. The minimum atomic E-state index is 0.0293. The van der Waals surface area contributed by atoms with Crippen LogP contribution in [0.3, 0.4) is 0 Å². The topological polar surface area (TPSA) is 48.5 Å². The summed E-state index contributed by atoms with van der Waals surface area (Å²) >= 11 is 0. The van der Waals surface area contributed by atoms with Crippen molar-refractivity contribution in [2.24, 2.45) is 0 Å². The van der Waals surface area contributed by atoms with Crippen molar-refractivity contribution >= 4 is 17.7 Å². The van der Waals surface area contributed by atoms with E-state index in [4.69, 9.17) is 0 Å². The molecule has 1 aromatic heterocycles. The number of carbonyl (C=O) groups excluding carboxylic acids is 1. The number of pyridine rings is 1. The predicted molar refractivity (Wildman–Crippen MR) is 120 cm³/mol. The molecule has 2 heterocycles. The number of hydrogen-bond donors (Lipinski definition) is 1. The van der Waals surface area contributed by atoms with E-state index < -0.39 is 0 Å². The summed E-state index contributed by atoms with van der Waals surface area (Å²) in [6, 6.07) is 14.1. The monoisotopic (exact) mass is 392 g/mol. The van der Waals surface area contributed by atoms with Crippen molar-refractivity contribution in [1.82, 2.24) is 14.8 Å². The lowest BCUT2D eigenvalue weighted by atomic mass is 10.2. The number of hydrogen-bond acceptors (Lipinski definition) is 4. The van der Waals surface area contributed by atoms with E-state index in [9.17, 15) is 4.79 Å². The van der Waals surface area contributed by atoms with Gasteiger partial charge in [0.15, 0.2) is 0 Å². The van der Waals surface area contributed by atoms with Crippen LogP contribution in [0.1, 0.15) is 42.2 Å². The molecule has 0 unspecified atom stereocenters. The van der Waals surface area contributed by atoms with Crippen LogP contribution in [-0.4, -0.2) is 60.0 Å². The van der Waals surface area contributed by atoms with Crippen LogP contribution in [0, 0.1) is 0 Å². The van der Waals surface area contributed by atoms with Gasteiger partial charge < -0.3 is 10.2 Å². The molecule has 0 spiro atoms. The van der Waals surface area contributed by atoms with Crippen LogP contribution in [0.25, 0.3) is 6.08 Å². The molecule has 0 bridgehead atoms. The molecule has 5 nitrogen and oxygen atoms in total. The van der Waals surface area contributed by atoms with Crippen molar-refractivity contribution in [3.63, 3.8) is 0 Å². The highest BCUT2D eigenvalue weighted by Crippen LogP contribution is 2.13. The molecule has 1 aromatic carbocycles. The summed E-state index contributed by atoms with van der Waals surface area (Å²) in [5, 5.41) is 3.39. The molecular formula is C24H32N4O. The fourth-order valence-corrected chi connectivity index (χ4v) is 3.46. The fraction of sp³-hybridized carbons (Fsp3) is 0.417. The first-order chi connectivity index (χ1) is 14.3. The number of aromatic nitrogens is 1. The van der Waals surface area contributed by atoms with Gasteiger partial charge >= 0.3 is 0 Å². The molecule has 0 aliphatic carbocycles. The smallest absolute Gasteiger partial charge is 0.272 e. The highest BCUT2D eigenvalue weighted by molar-refractivity contribution is 5.93. The summed E-state index contributed by atoms with van der Waals surface area (Å²) in [6.07, 6.45) is 9.63. The number of piperazine rings is 1. The van der Waals surface area contributed by atoms with Crippen LogP contribution in [0.5, 0.6) is 0 Å². The van der Waals surface area contributed by atoms with E-state index in [1.54, 1.807) is 6.20 Å². The predicted octanol–water partition coefficient (Wildman–Crippen LogP) is 4.15. The Kier molecular flexibility index (Phi) is 8.25. The van der Waals surface area contributed by atoms with Gasteiger partial charge in [0.2, 0.25) is 0 Å². The third kappa shape index (κ3) is 6.71. The second kappa shape index (κ2) is 11.4. The third-order valence-corrected chi connectivity index (χ3v) is 5.22. The molecule has 154 valence electrons. The van der Waals surface area contributed by atoms with Gasteiger partial charge in [0, 0.05) is 51.2 Å². The maximum absolute atomic E-state index is 12.8. The standard InChI is InChI=1S/C24H32N4O/c1-2-3-7-13-25-22-12-14-26-23(20-22)24(29)28-18-16-27(17-19-28)15-8-11-21-9-5-4-6-10-21/h4-6,8-12,14,20H,2-3,7,13,15-19H2,1H3,(H,25,26)/b11-8+. The summed E-state index contributed by atoms with van der Waals surface area (Å²) in [4.78, 5) is 21.4. The second-order valence-electron chi connectivity index (χ2n) is 7.47. The van der Waals surface area contributed by atoms with Crippen LogP contribution in [0.2, 0.25) is 0 Å². The molecule has 1 fully saturated rings. The van der Waals surface area contributed by atoms with Gasteiger partial charge in [-0.2, -0.15) is 0 Å². The number of rotatable bonds is 9. The van der Waals surface area contributed by atoms with Gasteiger partial charge in [0.25, 0.3) is 5.91 Å². The molecule has 1 aliphatic heterocycles. The number of unbranched alkanes of at least 4 members (excludes halogenated alkanes) is 2. The molecule has 2 aromatic rings. The van der Waals surface area contributed by atoms with E-state index in [1.807, 2.05) is 35.2 Å². The molecule has 1 aliphatic rings. The Bertz CT molecular complexity index is 782. The van der Waals surface area contributed by atoms with Crippen LogP contribution >= 0.6 is 0 Å². The maximum Gasteiger partial charge on any atom is 0.272 e. The van der Waals surface area contributed by atoms with E-state index >= 15 is 0 Å². The van der Waals surface area contributed by atoms with E-state index in [2.05, 4.69) is 46.4 Å². The summed E-state index contributed by atoms with van der Waals surface area (Å²) in [7, 11) is 0. The fourth-order valence-electron chi connectivity index (χ4n) is 3.46. The molecule has 0 saturated carbocycles. The van der Waals surface area contributed by atoms with Crippen molar-refractivity contribution in [3.05, 3.63) is 66.0 Å². The van der Waals surface area contributed by atoms with Crippen molar-refractivity contribution in [1.29, 1.82) is 0 Å². The first-order valence-electron chi connectivity index (χ1n) is 10.7. The minimum absolute atomic E-state index is 0.0293. The number of carbonyl (C=O) groups is 1. The van der Waals surface area contributed by atoms with E-state index in [1.165, 1.54) is 18.4 Å². The third-order valence-electron chi connectivity index (χ3n) is 5.22. The Hall–Kier alpha value is -2.66. The van der Waals surface area contributed by atoms with E-state index in [-0.39, 0.29) is 5.91 Å². The number of amides is 1. The Morgan fingerprint density at radius 2 is 1.90 bits per heavy atom. The van der Waals surface area contributed by atoms with Crippen LogP contribution in [0.15, 0.2) is 54.7 Å². The van der Waals surface area contributed by atoms with Gasteiger partial charge in [-0.15, -0.1) is 0 Å². The molecule has 1 saturated heterocycles. The zero-order valence-electron chi connectivity index (χ0n) is 17.4. The van der Waals surface area contributed by atoms with Gasteiger partial charge in [-0.1, -0.05) is 62.2 Å². The maximum atomic E-state index is 12.8. The Labute approximate surface area is 174 Å². The lowest BCUT2D eigenvalue weighted by Crippen LogP contribution is -2.48. The SMILES string of the molecule is CCCCCNc1ccnc(C(=O)N2CCN(C/C=C/c3ccccc3)CC2)c1. The van der Waals surface area contributed by atoms with E-state index in [0.717, 1.165) is 51.4 Å². The quantitative estimate of drug-likeness (QED) is 0.651. The number of nitrogens with zero attached hydrogens (tertiary/aromatic N) is 3. The molecule has 3 rings (SSSR count). The molecule has 0 atom stereocenters. The van der Waals surface area contributed by atoms with Crippen LogP contribution in [0.4, 0.5) is 5.69 Å². The molecule has 1 amide bonds. The summed E-state index contributed by atoms with van der Waals surface area (Å²) < 4.78 is 0. The highest BCUT2D eigenvalue weighted by atomic mass is 16.2. The van der Waals surface area contributed by atoms with E-state index in [0.29, 0.717) is 5.69 Å². The van der Waals surface area contributed by atoms with Gasteiger partial charge in [-0.3, -0.25) is 14.7 Å².